The van der Waals surface area contributed by atoms with Gasteiger partial charge in [-0.05, 0) is 18.1 Å². The van der Waals surface area contributed by atoms with Crippen LogP contribution in [0.4, 0.5) is 0 Å². The summed E-state index contributed by atoms with van der Waals surface area (Å²) in [6.07, 6.45) is 1.21. The molecule has 0 aliphatic rings. The van der Waals surface area contributed by atoms with Gasteiger partial charge in [-0.25, -0.2) is 4.98 Å². The highest BCUT2D eigenvalue weighted by atomic mass is 16.3. The van der Waals surface area contributed by atoms with Crippen molar-refractivity contribution in [1.29, 1.82) is 0 Å². The lowest BCUT2D eigenvalue weighted by Gasteiger charge is -2.09. The first-order chi connectivity index (χ1) is 9.11. The van der Waals surface area contributed by atoms with E-state index in [1.807, 2.05) is 25.1 Å². The lowest BCUT2D eigenvalue weighted by molar-refractivity contribution is 0.479. The molecule has 19 heavy (non-hydrogen) atoms. The van der Waals surface area contributed by atoms with Gasteiger partial charge in [0.05, 0.1) is 5.56 Å². The molecular formula is C14H12N2O3. The van der Waals surface area contributed by atoms with E-state index in [2.05, 4.69) is 4.98 Å². The third-order valence-electron chi connectivity index (χ3n) is 3.25. The summed E-state index contributed by atoms with van der Waals surface area (Å²) in [5, 5.41) is 10.3. The van der Waals surface area contributed by atoms with E-state index in [1.54, 1.807) is 13.1 Å². The third-order valence-corrected chi connectivity index (χ3v) is 3.25. The van der Waals surface area contributed by atoms with Crippen LogP contribution in [0.15, 0.2) is 39.9 Å². The van der Waals surface area contributed by atoms with Crippen LogP contribution in [0.2, 0.25) is 0 Å². The van der Waals surface area contributed by atoms with Crippen LogP contribution < -0.4 is 5.56 Å². The summed E-state index contributed by atoms with van der Waals surface area (Å²) in [4.78, 5) is 16.3. The summed E-state index contributed by atoms with van der Waals surface area (Å²) in [6, 6.07) is 7.40. The van der Waals surface area contributed by atoms with Crippen LogP contribution in [0.5, 0.6) is 5.75 Å². The van der Waals surface area contributed by atoms with E-state index in [0.29, 0.717) is 11.1 Å². The van der Waals surface area contributed by atoms with Crippen LogP contribution in [-0.2, 0) is 7.05 Å². The molecule has 1 aromatic carbocycles. The lowest BCUT2D eigenvalue weighted by atomic mass is 10.0. The Balaban J connectivity index is 2.49. The molecule has 0 aliphatic carbocycles. The number of hydrogen-bond acceptors (Lipinski definition) is 4. The quantitative estimate of drug-likeness (QED) is 0.724. The third kappa shape index (κ3) is 1.55. The highest BCUT2D eigenvalue weighted by Crippen LogP contribution is 2.33. The summed E-state index contributed by atoms with van der Waals surface area (Å²) in [5.74, 6) is -0.138. The molecule has 0 atom stereocenters. The van der Waals surface area contributed by atoms with E-state index in [1.165, 1.54) is 11.0 Å². The predicted molar refractivity (Wildman–Crippen MR) is 71.1 cm³/mol. The van der Waals surface area contributed by atoms with Crippen molar-refractivity contribution < 1.29 is 9.52 Å². The van der Waals surface area contributed by atoms with E-state index in [0.717, 1.165) is 5.56 Å². The molecular weight excluding hydrogens is 244 g/mol. The van der Waals surface area contributed by atoms with Crippen molar-refractivity contribution in [2.45, 2.75) is 6.92 Å². The average molecular weight is 256 g/mol. The first-order valence-electron chi connectivity index (χ1n) is 5.82. The number of aryl methyl sites for hydroxylation is 2. The van der Waals surface area contributed by atoms with Gasteiger partial charge in [-0.15, -0.1) is 0 Å². The van der Waals surface area contributed by atoms with Gasteiger partial charge in [-0.3, -0.25) is 9.36 Å². The van der Waals surface area contributed by atoms with Crippen LogP contribution in [0.1, 0.15) is 5.56 Å². The Morgan fingerprint density at radius 1 is 1.32 bits per heavy atom. The lowest BCUT2D eigenvalue weighted by Crippen LogP contribution is -2.19. The minimum atomic E-state index is -0.309. The summed E-state index contributed by atoms with van der Waals surface area (Å²) in [7, 11) is 1.59. The van der Waals surface area contributed by atoms with Gasteiger partial charge in [0.25, 0.3) is 5.56 Å². The number of aromatic hydroxyl groups is 1. The van der Waals surface area contributed by atoms with Crippen LogP contribution in [-0.4, -0.2) is 14.7 Å². The van der Waals surface area contributed by atoms with Crippen molar-refractivity contribution in [3.8, 4) is 16.9 Å². The number of rotatable bonds is 1. The number of pyridine rings is 1. The van der Waals surface area contributed by atoms with E-state index in [9.17, 15) is 9.90 Å². The normalized spacial score (nSPS) is 11.1. The second kappa shape index (κ2) is 3.98. The van der Waals surface area contributed by atoms with Crippen molar-refractivity contribution in [2.24, 2.45) is 7.05 Å². The Morgan fingerprint density at radius 3 is 2.79 bits per heavy atom. The van der Waals surface area contributed by atoms with Crippen LogP contribution >= 0.6 is 0 Å². The smallest absolute Gasteiger partial charge is 0.264 e. The zero-order chi connectivity index (χ0) is 13.6. The summed E-state index contributed by atoms with van der Waals surface area (Å²) < 4.78 is 6.47. The van der Waals surface area contributed by atoms with Crippen LogP contribution in [0.3, 0.4) is 0 Å². The van der Waals surface area contributed by atoms with Gasteiger partial charge < -0.3 is 9.52 Å². The molecule has 3 rings (SSSR count). The van der Waals surface area contributed by atoms with E-state index in [4.69, 9.17) is 4.42 Å². The Hall–Kier alpha value is -2.56. The molecule has 0 unspecified atom stereocenters. The number of oxazole rings is 1. The number of aromatic nitrogens is 2. The largest absolute Gasteiger partial charge is 0.505 e. The standard InChI is InChI=1S/C14H12N2O3/c1-8-5-3-4-6-9(8)10-12(17)11-14(19-7-15-11)16(2)13(10)18/h3-7,17H,1-2H3. The second-order valence-corrected chi connectivity index (χ2v) is 4.41. The maximum Gasteiger partial charge on any atom is 0.264 e. The van der Waals surface area contributed by atoms with Gasteiger partial charge in [0, 0.05) is 7.05 Å². The van der Waals surface area contributed by atoms with Crippen LogP contribution in [0.25, 0.3) is 22.4 Å². The molecule has 2 heterocycles. The number of hydrogen-bond donors (Lipinski definition) is 1. The Bertz CT molecular complexity index is 830. The zero-order valence-electron chi connectivity index (χ0n) is 10.5. The van der Waals surface area contributed by atoms with Gasteiger partial charge in [-0.2, -0.15) is 0 Å². The first-order valence-corrected chi connectivity index (χ1v) is 5.82. The summed E-state index contributed by atoms with van der Waals surface area (Å²) >= 11 is 0. The number of fused-ring (bicyclic) bond motifs is 1. The van der Waals surface area contributed by atoms with Gasteiger partial charge in [0.15, 0.2) is 17.7 Å². The topological polar surface area (TPSA) is 68.3 Å². The average Bonchev–Trinajstić information content (AvgIpc) is 2.88. The van der Waals surface area contributed by atoms with Crippen molar-refractivity contribution in [2.75, 3.05) is 0 Å². The number of nitrogens with zero attached hydrogens (tertiary/aromatic N) is 2. The maximum absolute atomic E-state index is 12.4. The molecule has 0 amide bonds. The van der Waals surface area contributed by atoms with Crippen molar-refractivity contribution in [1.82, 2.24) is 9.55 Å². The molecule has 2 aromatic heterocycles. The van der Waals surface area contributed by atoms with Crippen LogP contribution in [0, 0.1) is 6.92 Å². The predicted octanol–water partition coefficient (Wildman–Crippen LogP) is 2.21. The maximum atomic E-state index is 12.4. The molecule has 3 aromatic rings. The summed E-state index contributed by atoms with van der Waals surface area (Å²) in [5.41, 5.74) is 2.11. The fourth-order valence-electron chi connectivity index (χ4n) is 2.22. The molecule has 0 bridgehead atoms. The minimum absolute atomic E-state index is 0.138. The monoisotopic (exact) mass is 256 g/mol. The fourth-order valence-corrected chi connectivity index (χ4v) is 2.22. The fraction of sp³-hybridized carbons (Fsp3) is 0.143. The Labute approximate surface area is 108 Å². The van der Waals surface area contributed by atoms with Crippen molar-refractivity contribution in [3.05, 3.63) is 46.6 Å². The molecule has 5 heteroatoms. The van der Waals surface area contributed by atoms with E-state index < -0.39 is 0 Å². The highest BCUT2D eigenvalue weighted by Gasteiger charge is 2.20. The first kappa shape index (κ1) is 11.5. The van der Waals surface area contributed by atoms with E-state index >= 15 is 0 Å². The Kier molecular flexibility index (Phi) is 2.41. The summed E-state index contributed by atoms with van der Waals surface area (Å²) in [6.45, 7) is 1.89. The van der Waals surface area contributed by atoms with Crippen molar-refractivity contribution in [3.63, 3.8) is 0 Å². The molecule has 96 valence electrons. The minimum Gasteiger partial charge on any atom is -0.505 e. The molecule has 0 spiro atoms. The van der Waals surface area contributed by atoms with Gasteiger partial charge >= 0.3 is 0 Å². The van der Waals surface area contributed by atoms with Gasteiger partial charge in [0.1, 0.15) is 0 Å². The highest BCUT2D eigenvalue weighted by molar-refractivity contribution is 5.87. The molecule has 1 N–H and O–H groups in total. The van der Waals surface area contributed by atoms with Gasteiger partial charge in [0.2, 0.25) is 5.71 Å². The molecule has 0 aliphatic heterocycles. The second-order valence-electron chi connectivity index (χ2n) is 4.41. The molecule has 0 fully saturated rings. The molecule has 0 saturated heterocycles. The molecule has 0 radical (unpaired) electrons. The Morgan fingerprint density at radius 2 is 2.05 bits per heavy atom. The van der Waals surface area contributed by atoms with Gasteiger partial charge in [-0.1, -0.05) is 24.3 Å². The zero-order valence-corrected chi connectivity index (χ0v) is 10.5. The number of benzene rings is 1. The molecule has 0 saturated carbocycles. The van der Waals surface area contributed by atoms with Crippen molar-refractivity contribution >= 4 is 11.2 Å². The van der Waals surface area contributed by atoms with E-state index in [-0.39, 0.29) is 22.6 Å². The molecule has 5 nitrogen and oxygen atoms in total. The SMILES string of the molecule is Cc1ccccc1-c1c(O)c2ncoc2n(C)c1=O.